The maximum atomic E-state index is 13.9. The van der Waals surface area contributed by atoms with Crippen LogP contribution in [-0.4, -0.2) is 83.4 Å². The van der Waals surface area contributed by atoms with Gasteiger partial charge in [-0.15, -0.1) is 0 Å². The summed E-state index contributed by atoms with van der Waals surface area (Å²) in [7, 11) is 1.20. The number of methoxy groups -OCH3 is 1. The van der Waals surface area contributed by atoms with Gasteiger partial charge < -0.3 is 24.2 Å². The van der Waals surface area contributed by atoms with E-state index in [1.54, 1.807) is 0 Å². The van der Waals surface area contributed by atoms with E-state index in [0.29, 0.717) is 31.1 Å². The molecule has 3 saturated carbocycles. The lowest BCUT2D eigenvalue weighted by molar-refractivity contribution is -0.191. The fraction of sp³-hybridized carbons (Fsp3) is 0.758. The van der Waals surface area contributed by atoms with Crippen LogP contribution in [0.2, 0.25) is 0 Å². The summed E-state index contributed by atoms with van der Waals surface area (Å²) in [6.45, 7) is 5.02. The third kappa shape index (κ3) is 5.39. The van der Waals surface area contributed by atoms with Gasteiger partial charge in [-0.1, -0.05) is 19.4 Å². The lowest BCUT2D eigenvalue weighted by atomic mass is 9.46. The van der Waals surface area contributed by atoms with Gasteiger partial charge in [0.05, 0.1) is 19.6 Å². The van der Waals surface area contributed by atoms with Crippen molar-refractivity contribution in [1.82, 2.24) is 4.90 Å². The molecule has 1 heterocycles. The van der Waals surface area contributed by atoms with Crippen LogP contribution in [0.4, 0.5) is 0 Å². The molecule has 242 valence electrons. The molecule has 11 nitrogen and oxygen atoms in total. The van der Waals surface area contributed by atoms with E-state index >= 15 is 0 Å². The van der Waals surface area contributed by atoms with Gasteiger partial charge in [-0.2, -0.15) is 0 Å². The Labute approximate surface area is 258 Å². The molecule has 8 atom stereocenters. The number of rotatable bonds is 8. The molecule has 0 aromatic heterocycles. The Morgan fingerprint density at radius 1 is 1.00 bits per heavy atom. The largest absolute Gasteiger partial charge is 0.467 e. The SMILES string of the molecule is COC(=O)[C@@H]1C[C@H](O)CN1C(=O)CCC(=O)OCC(=O)[C@@]1(OC(C)=O)CC[C@H]2[C@@H]3CCC4=CC(=O)CC[C@]4(C)[C@H]3CC[C@@]21C. The van der Waals surface area contributed by atoms with Gasteiger partial charge in [-0.3, -0.25) is 24.0 Å². The van der Waals surface area contributed by atoms with Crippen LogP contribution in [0.3, 0.4) is 0 Å². The van der Waals surface area contributed by atoms with E-state index in [4.69, 9.17) is 14.2 Å². The van der Waals surface area contributed by atoms with E-state index in [1.165, 1.54) is 24.5 Å². The van der Waals surface area contributed by atoms with Crippen molar-refractivity contribution < 1.29 is 48.1 Å². The number of aliphatic hydroxyl groups is 1. The number of carbonyl (C=O) groups is 6. The van der Waals surface area contributed by atoms with Gasteiger partial charge >= 0.3 is 17.9 Å². The fourth-order valence-corrected chi connectivity index (χ4v) is 9.62. The molecule has 1 aliphatic heterocycles. The Morgan fingerprint density at radius 2 is 1.73 bits per heavy atom. The Morgan fingerprint density at radius 3 is 2.43 bits per heavy atom. The first-order valence-electron chi connectivity index (χ1n) is 15.9. The summed E-state index contributed by atoms with van der Waals surface area (Å²) in [6.07, 6.45) is 6.30. The molecule has 4 aliphatic carbocycles. The summed E-state index contributed by atoms with van der Waals surface area (Å²) in [5.41, 5.74) is -0.818. The lowest BCUT2D eigenvalue weighted by Crippen LogP contribution is -2.59. The molecular formula is C33H45NO10. The number of hydrogen-bond donors (Lipinski definition) is 1. The zero-order valence-electron chi connectivity index (χ0n) is 26.2. The zero-order valence-corrected chi connectivity index (χ0v) is 26.2. The maximum Gasteiger partial charge on any atom is 0.328 e. The molecule has 44 heavy (non-hydrogen) atoms. The number of nitrogens with zero attached hydrogens (tertiary/aromatic N) is 1. The van der Waals surface area contributed by atoms with Crippen LogP contribution in [0.5, 0.6) is 0 Å². The molecule has 0 aromatic carbocycles. The van der Waals surface area contributed by atoms with Crippen LogP contribution in [0.25, 0.3) is 0 Å². The summed E-state index contributed by atoms with van der Waals surface area (Å²) in [5, 5.41) is 9.94. The molecular weight excluding hydrogens is 570 g/mol. The van der Waals surface area contributed by atoms with Crippen LogP contribution in [0.15, 0.2) is 11.6 Å². The van der Waals surface area contributed by atoms with Crippen molar-refractivity contribution >= 4 is 35.4 Å². The highest BCUT2D eigenvalue weighted by Gasteiger charge is 2.68. The number of β-amino-alcohol motifs (C(OH)–C–C–N with tert-alkyl or cyclic N) is 1. The van der Waals surface area contributed by atoms with E-state index in [2.05, 4.69) is 6.92 Å². The summed E-state index contributed by atoms with van der Waals surface area (Å²) in [5.74, 6) is -1.82. The maximum absolute atomic E-state index is 13.9. The second-order valence-corrected chi connectivity index (χ2v) is 13.9. The summed E-state index contributed by atoms with van der Waals surface area (Å²) >= 11 is 0. The Hall–Kier alpha value is -3.08. The highest BCUT2D eigenvalue weighted by atomic mass is 16.6. The molecule has 0 bridgehead atoms. The first kappa shape index (κ1) is 32.3. The van der Waals surface area contributed by atoms with E-state index in [9.17, 15) is 33.9 Å². The molecule has 5 rings (SSSR count). The number of fused-ring (bicyclic) bond motifs is 5. The first-order valence-corrected chi connectivity index (χ1v) is 15.9. The van der Waals surface area contributed by atoms with Crippen molar-refractivity contribution in [2.45, 2.75) is 109 Å². The van der Waals surface area contributed by atoms with Crippen LogP contribution < -0.4 is 0 Å². The predicted molar refractivity (Wildman–Crippen MR) is 155 cm³/mol. The van der Waals surface area contributed by atoms with Gasteiger partial charge in [0, 0.05) is 38.1 Å². The van der Waals surface area contributed by atoms with Crippen molar-refractivity contribution in [3.8, 4) is 0 Å². The quantitative estimate of drug-likeness (QED) is 0.319. The van der Waals surface area contributed by atoms with Crippen LogP contribution in [0, 0.1) is 28.6 Å². The van der Waals surface area contributed by atoms with Crippen molar-refractivity contribution in [2.24, 2.45) is 28.6 Å². The molecule has 11 heteroatoms. The molecule has 4 fully saturated rings. The highest BCUT2D eigenvalue weighted by Crippen LogP contribution is 2.68. The molecule has 1 N–H and O–H groups in total. The smallest absolute Gasteiger partial charge is 0.328 e. The van der Waals surface area contributed by atoms with Gasteiger partial charge in [0.25, 0.3) is 0 Å². The Bertz CT molecular complexity index is 1270. The van der Waals surface area contributed by atoms with Crippen LogP contribution in [0.1, 0.15) is 91.4 Å². The van der Waals surface area contributed by atoms with Crippen molar-refractivity contribution in [3.05, 3.63) is 11.6 Å². The molecule has 1 amide bonds. The number of ether oxygens (including phenoxy) is 3. The zero-order chi connectivity index (χ0) is 32.0. The average molecular weight is 616 g/mol. The minimum Gasteiger partial charge on any atom is -0.467 e. The van der Waals surface area contributed by atoms with Crippen molar-refractivity contribution in [3.63, 3.8) is 0 Å². The van der Waals surface area contributed by atoms with Gasteiger partial charge in [-0.25, -0.2) is 4.79 Å². The molecule has 0 unspecified atom stereocenters. The number of allylic oxidation sites excluding steroid dienone is 1. The van der Waals surface area contributed by atoms with Gasteiger partial charge in [-0.05, 0) is 74.2 Å². The molecule has 0 aromatic rings. The topological polar surface area (TPSA) is 154 Å². The standard InChI is InChI=1S/C33H45NO10/c1-19(35)44-33(27(38)18-43-29(40)8-7-28(39)34-17-22(37)16-26(34)30(41)42-4)14-11-25-23-6-5-20-15-21(36)9-12-31(20,2)24(23)10-13-32(25,33)3/h15,22-26,37H,5-14,16-18H2,1-4H3/t22-,23+,24-,25-,26-,31-,32-,33-/m0/s1. The van der Waals surface area contributed by atoms with E-state index in [-0.39, 0.29) is 42.9 Å². The third-order valence-corrected chi connectivity index (χ3v) is 11.8. The Balaban J connectivity index is 1.25. The molecule has 0 spiro atoms. The van der Waals surface area contributed by atoms with Gasteiger partial charge in [0.2, 0.25) is 11.7 Å². The van der Waals surface area contributed by atoms with Crippen molar-refractivity contribution in [1.29, 1.82) is 0 Å². The van der Waals surface area contributed by atoms with E-state index in [1.807, 2.05) is 13.0 Å². The van der Waals surface area contributed by atoms with Gasteiger partial charge in [0.15, 0.2) is 18.0 Å². The van der Waals surface area contributed by atoms with Gasteiger partial charge in [0.1, 0.15) is 6.04 Å². The number of carbonyl (C=O) groups excluding carboxylic acids is 6. The fourth-order valence-electron chi connectivity index (χ4n) is 9.62. The van der Waals surface area contributed by atoms with Crippen molar-refractivity contribution in [2.75, 3.05) is 20.3 Å². The summed E-state index contributed by atoms with van der Waals surface area (Å²) < 4.78 is 16.0. The number of esters is 3. The highest BCUT2D eigenvalue weighted by molar-refractivity contribution is 5.94. The number of aliphatic hydroxyl groups excluding tert-OH is 1. The summed E-state index contributed by atoms with van der Waals surface area (Å²) in [4.78, 5) is 77.2. The molecule has 0 radical (unpaired) electrons. The number of amides is 1. The average Bonchev–Trinajstić information content (AvgIpc) is 3.52. The van der Waals surface area contributed by atoms with E-state index in [0.717, 1.165) is 32.1 Å². The monoisotopic (exact) mass is 615 g/mol. The van der Waals surface area contributed by atoms with Crippen LogP contribution in [-0.2, 0) is 43.0 Å². The lowest BCUT2D eigenvalue weighted by Gasteiger charge is -2.59. The number of likely N-dealkylation sites (tertiary alicyclic amines) is 1. The normalized spacial score (nSPS) is 37.7. The minimum atomic E-state index is -1.41. The number of ketones is 2. The Kier molecular flexibility index (Phi) is 8.83. The second kappa shape index (κ2) is 12.0. The van der Waals surface area contributed by atoms with Crippen LogP contribution >= 0.6 is 0 Å². The molecule has 5 aliphatic rings. The minimum absolute atomic E-state index is 0.0342. The summed E-state index contributed by atoms with van der Waals surface area (Å²) in [6, 6.07) is -0.912. The second-order valence-electron chi connectivity index (χ2n) is 13.9. The molecule has 1 saturated heterocycles. The number of hydrogen-bond acceptors (Lipinski definition) is 10. The first-order chi connectivity index (χ1) is 20.8. The third-order valence-electron chi connectivity index (χ3n) is 11.8. The van der Waals surface area contributed by atoms with E-state index < -0.39 is 59.4 Å². The predicted octanol–water partition coefficient (Wildman–Crippen LogP) is 2.85. The number of Topliss-reactive ketones (excluding diaryl/α,β-unsaturated/α-hetero) is 1.